The fraction of sp³-hybridized carbons (Fsp3) is 0.231. The van der Waals surface area contributed by atoms with Crippen LogP contribution in [-0.4, -0.2) is 17.1 Å². The number of nitrogen functional groups attached to an aromatic ring is 1. The van der Waals surface area contributed by atoms with Gasteiger partial charge in [-0.1, -0.05) is 12.1 Å². The molecule has 8 heteroatoms. The van der Waals surface area contributed by atoms with Crippen LogP contribution < -0.4 is 10.5 Å². The van der Waals surface area contributed by atoms with Crippen molar-refractivity contribution in [3.05, 3.63) is 41.3 Å². The van der Waals surface area contributed by atoms with Gasteiger partial charge < -0.3 is 10.5 Å². The molecule has 0 unspecified atom stereocenters. The maximum Gasteiger partial charge on any atom is 0.434 e. The van der Waals surface area contributed by atoms with Crippen LogP contribution in [0.2, 0.25) is 0 Å². The van der Waals surface area contributed by atoms with Crippen LogP contribution in [-0.2, 0) is 12.6 Å². The average molecular weight is 315 g/mol. The number of thiol groups is 1. The van der Waals surface area contributed by atoms with E-state index in [1.165, 1.54) is 7.11 Å². The number of hydrogen-bond donors (Lipinski definition) is 2. The number of alkyl halides is 3. The maximum atomic E-state index is 12.8. The van der Waals surface area contributed by atoms with Crippen LogP contribution in [0.1, 0.15) is 17.1 Å². The number of nitrogens with two attached hydrogens (primary N) is 1. The lowest BCUT2D eigenvalue weighted by atomic mass is 10.1. The molecule has 2 aromatic rings. The number of benzene rings is 1. The molecule has 2 N–H and O–H groups in total. The van der Waals surface area contributed by atoms with E-state index in [0.717, 1.165) is 5.56 Å². The van der Waals surface area contributed by atoms with Crippen LogP contribution in [0, 0.1) is 0 Å². The molecular formula is C13H12F3N3OS. The zero-order valence-corrected chi connectivity index (χ0v) is 11.9. The Morgan fingerprint density at radius 1 is 1.19 bits per heavy atom. The molecule has 0 amide bonds. The Morgan fingerprint density at radius 3 is 2.33 bits per heavy atom. The zero-order chi connectivity index (χ0) is 15.6. The van der Waals surface area contributed by atoms with E-state index in [-0.39, 0.29) is 18.1 Å². The Bertz CT molecular complexity index is 644. The van der Waals surface area contributed by atoms with Gasteiger partial charge >= 0.3 is 6.18 Å². The van der Waals surface area contributed by atoms with Crippen molar-refractivity contribution in [3.63, 3.8) is 0 Å². The van der Waals surface area contributed by atoms with E-state index in [4.69, 9.17) is 10.5 Å². The van der Waals surface area contributed by atoms with Gasteiger partial charge in [0.1, 0.15) is 17.4 Å². The molecule has 112 valence electrons. The molecule has 1 aromatic heterocycles. The van der Waals surface area contributed by atoms with Gasteiger partial charge in [0.05, 0.1) is 12.0 Å². The first-order valence-electron chi connectivity index (χ1n) is 5.86. The number of methoxy groups -OCH3 is 1. The van der Waals surface area contributed by atoms with Gasteiger partial charge in [0.25, 0.3) is 0 Å². The first-order chi connectivity index (χ1) is 9.81. The molecule has 1 aromatic carbocycles. The fourth-order valence-corrected chi connectivity index (χ4v) is 1.95. The van der Waals surface area contributed by atoms with Crippen LogP contribution in [0.3, 0.4) is 0 Å². The highest BCUT2D eigenvalue weighted by Crippen LogP contribution is 2.34. The second kappa shape index (κ2) is 5.80. The maximum absolute atomic E-state index is 12.8. The number of nitrogens with zero attached hydrogens (tertiary/aromatic N) is 2. The van der Waals surface area contributed by atoms with Gasteiger partial charge in [0, 0.05) is 6.42 Å². The quantitative estimate of drug-likeness (QED) is 0.855. The Morgan fingerprint density at radius 2 is 1.81 bits per heavy atom. The van der Waals surface area contributed by atoms with Gasteiger partial charge in [0.2, 0.25) is 0 Å². The van der Waals surface area contributed by atoms with E-state index in [1.807, 2.05) is 0 Å². The molecule has 4 nitrogen and oxygen atoms in total. The summed E-state index contributed by atoms with van der Waals surface area (Å²) in [5.74, 6) is 0.354. The molecule has 1 heterocycles. The summed E-state index contributed by atoms with van der Waals surface area (Å²) >= 11 is 3.72. The lowest BCUT2D eigenvalue weighted by Crippen LogP contribution is -2.14. The van der Waals surface area contributed by atoms with Crippen molar-refractivity contribution in [2.24, 2.45) is 0 Å². The minimum atomic E-state index is -4.62. The second-order valence-corrected chi connectivity index (χ2v) is 4.69. The van der Waals surface area contributed by atoms with Crippen LogP contribution in [0.15, 0.2) is 29.2 Å². The molecule has 0 bridgehead atoms. The molecule has 0 aliphatic carbocycles. The number of rotatable bonds is 3. The Hall–Kier alpha value is -1.96. The van der Waals surface area contributed by atoms with E-state index in [1.54, 1.807) is 24.3 Å². The first kappa shape index (κ1) is 15.4. The second-order valence-electron chi connectivity index (χ2n) is 4.24. The molecular weight excluding hydrogens is 303 g/mol. The summed E-state index contributed by atoms with van der Waals surface area (Å²) in [5, 5.41) is 0. The zero-order valence-electron chi connectivity index (χ0n) is 11.0. The first-order valence-corrected chi connectivity index (χ1v) is 6.31. The predicted molar refractivity (Wildman–Crippen MR) is 74.5 cm³/mol. The summed E-state index contributed by atoms with van der Waals surface area (Å²) in [6, 6.07) is 6.85. The number of hydrogen-bond acceptors (Lipinski definition) is 5. The highest BCUT2D eigenvalue weighted by atomic mass is 32.1. The molecule has 0 aliphatic heterocycles. The van der Waals surface area contributed by atoms with E-state index in [0.29, 0.717) is 5.75 Å². The Labute approximate surface area is 124 Å². The van der Waals surface area contributed by atoms with Gasteiger partial charge in [-0.2, -0.15) is 13.2 Å². The summed E-state index contributed by atoms with van der Waals surface area (Å²) < 4.78 is 43.5. The summed E-state index contributed by atoms with van der Waals surface area (Å²) in [6.07, 6.45) is -4.49. The van der Waals surface area contributed by atoms with Crippen molar-refractivity contribution in [2.45, 2.75) is 17.5 Å². The molecule has 0 radical (unpaired) electrons. The summed E-state index contributed by atoms with van der Waals surface area (Å²) in [7, 11) is 1.53. The smallest absolute Gasteiger partial charge is 0.434 e. The minimum absolute atomic E-state index is 0.0113. The third-order valence-corrected chi connectivity index (χ3v) is 3.19. The van der Waals surface area contributed by atoms with Crippen molar-refractivity contribution < 1.29 is 17.9 Å². The van der Waals surface area contributed by atoms with E-state index in [2.05, 4.69) is 22.6 Å². The SMILES string of the molecule is COc1ccc(Cc2nc(N)c(S)c(C(F)(F)F)n2)cc1. The van der Waals surface area contributed by atoms with Crippen LogP contribution in [0.5, 0.6) is 5.75 Å². The highest BCUT2D eigenvalue weighted by molar-refractivity contribution is 7.80. The molecule has 0 atom stereocenters. The van der Waals surface area contributed by atoms with Gasteiger partial charge in [-0.3, -0.25) is 0 Å². The lowest BCUT2D eigenvalue weighted by Gasteiger charge is -2.12. The molecule has 21 heavy (non-hydrogen) atoms. The third kappa shape index (κ3) is 3.57. The minimum Gasteiger partial charge on any atom is -0.497 e. The van der Waals surface area contributed by atoms with Crippen molar-refractivity contribution in [1.29, 1.82) is 0 Å². The average Bonchev–Trinajstić information content (AvgIpc) is 2.42. The van der Waals surface area contributed by atoms with Gasteiger partial charge in [-0.25, -0.2) is 9.97 Å². The number of ether oxygens (including phenoxy) is 1. The number of anilines is 1. The standard InChI is InChI=1S/C13H12F3N3OS/c1-20-8-4-2-7(3-5-8)6-9-18-11(13(14,15)16)10(21)12(17)19-9/h2-5,21H,6H2,1H3,(H2,17,18,19). The monoisotopic (exact) mass is 315 g/mol. The van der Waals surface area contributed by atoms with E-state index >= 15 is 0 Å². The van der Waals surface area contributed by atoms with Crippen molar-refractivity contribution in [1.82, 2.24) is 9.97 Å². The predicted octanol–water partition coefficient (Wildman–Crippen LogP) is 2.97. The Kier molecular flexibility index (Phi) is 4.26. The van der Waals surface area contributed by atoms with Gasteiger partial charge in [-0.05, 0) is 17.7 Å². The van der Waals surface area contributed by atoms with E-state index in [9.17, 15) is 13.2 Å². The Balaban J connectivity index is 2.33. The summed E-state index contributed by atoms with van der Waals surface area (Å²) in [5.41, 5.74) is 5.09. The molecule has 0 fully saturated rings. The van der Waals surface area contributed by atoms with Crippen LogP contribution >= 0.6 is 12.6 Å². The number of aromatic nitrogens is 2. The van der Waals surface area contributed by atoms with Crippen molar-refractivity contribution in [2.75, 3.05) is 12.8 Å². The van der Waals surface area contributed by atoms with Crippen molar-refractivity contribution in [3.8, 4) is 5.75 Å². The highest BCUT2D eigenvalue weighted by Gasteiger charge is 2.36. The van der Waals surface area contributed by atoms with Gasteiger partial charge in [-0.15, -0.1) is 12.6 Å². The largest absolute Gasteiger partial charge is 0.497 e. The van der Waals surface area contributed by atoms with Crippen LogP contribution in [0.4, 0.5) is 19.0 Å². The molecule has 2 rings (SSSR count). The van der Waals surface area contributed by atoms with Gasteiger partial charge in [0.15, 0.2) is 5.69 Å². The summed E-state index contributed by atoms with van der Waals surface area (Å²) in [6.45, 7) is 0. The molecule has 0 spiro atoms. The summed E-state index contributed by atoms with van der Waals surface area (Å²) in [4.78, 5) is 6.90. The van der Waals surface area contributed by atoms with E-state index < -0.39 is 16.8 Å². The topological polar surface area (TPSA) is 61.0 Å². The fourth-order valence-electron chi connectivity index (χ4n) is 1.72. The lowest BCUT2D eigenvalue weighted by molar-refractivity contribution is -0.143. The third-order valence-electron chi connectivity index (χ3n) is 2.75. The molecule has 0 saturated carbocycles. The molecule has 0 saturated heterocycles. The molecule has 0 aliphatic rings. The van der Waals surface area contributed by atoms with Crippen molar-refractivity contribution >= 4 is 18.4 Å². The number of halogens is 3. The van der Waals surface area contributed by atoms with Crippen LogP contribution in [0.25, 0.3) is 0 Å². The normalized spacial score (nSPS) is 11.5.